The summed E-state index contributed by atoms with van der Waals surface area (Å²) >= 11 is 1.72. The first-order valence-electron chi connectivity index (χ1n) is 10.8. The predicted octanol–water partition coefficient (Wildman–Crippen LogP) is 4.50. The largest absolute Gasteiger partial charge is 0.359 e. The van der Waals surface area contributed by atoms with Gasteiger partial charge in [0.1, 0.15) is 0 Å². The highest BCUT2D eigenvalue weighted by molar-refractivity contribution is 7.13. The fourth-order valence-electron chi connectivity index (χ4n) is 5.14. The molecule has 2 fully saturated rings. The molecule has 2 aromatic rings. The Labute approximate surface area is 177 Å². The van der Waals surface area contributed by atoms with Crippen molar-refractivity contribution in [3.05, 3.63) is 47.3 Å². The first kappa shape index (κ1) is 20.1. The van der Waals surface area contributed by atoms with E-state index in [0.29, 0.717) is 13.0 Å². The molecule has 1 aromatic heterocycles. The Hall–Kier alpha value is -2.14. The fourth-order valence-corrected chi connectivity index (χ4v) is 5.92. The molecule has 0 radical (unpaired) electrons. The number of hydrogen-bond acceptors (Lipinski definition) is 3. The van der Waals surface area contributed by atoms with Crippen molar-refractivity contribution in [2.45, 2.75) is 44.9 Å². The molecule has 0 unspecified atom stereocenters. The molecular weight excluding hydrogens is 380 g/mol. The molecule has 2 amide bonds. The summed E-state index contributed by atoms with van der Waals surface area (Å²) in [5.74, 6) is 0.485. The second kappa shape index (κ2) is 8.70. The van der Waals surface area contributed by atoms with Crippen molar-refractivity contribution < 1.29 is 9.59 Å². The molecule has 1 aliphatic carbocycles. The summed E-state index contributed by atoms with van der Waals surface area (Å²) in [6.45, 7) is 1.31. The number of piperidine rings is 1. The van der Waals surface area contributed by atoms with Crippen LogP contribution in [0.5, 0.6) is 0 Å². The zero-order valence-electron chi connectivity index (χ0n) is 17.2. The zero-order valence-corrected chi connectivity index (χ0v) is 18.0. The average Bonchev–Trinajstić information content (AvgIpc) is 3.47. The van der Waals surface area contributed by atoms with E-state index >= 15 is 0 Å². The van der Waals surface area contributed by atoms with Gasteiger partial charge >= 0.3 is 0 Å². The van der Waals surface area contributed by atoms with Gasteiger partial charge in [0.25, 0.3) is 0 Å². The molecule has 29 heavy (non-hydrogen) atoms. The summed E-state index contributed by atoms with van der Waals surface area (Å²) in [6.07, 6.45) is 6.67. The van der Waals surface area contributed by atoms with E-state index < -0.39 is 5.41 Å². The molecule has 1 aromatic carbocycles. The van der Waals surface area contributed by atoms with Crippen molar-refractivity contribution in [1.82, 2.24) is 10.2 Å². The number of rotatable bonds is 5. The predicted molar refractivity (Wildman–Crippen MR) is 118 cm³/mol. The van der Waals surface area contributed by atoms with Gasteiger partial charge in [-0.15, -0.1) is 11.3 Å². The Kier molecular flexibility index (Phi) is 6.04. The number of benzene rings is 1. The topological polar surface area (TPSA) is 49.4 Å². The molecule has 1 aliphatic heterocycles. The van der Waals surface area contributed by atoms with Crippen LogP contribution >= 0.6 is 11.3 Å². The van der Waals surface area contributed by atoms with Crippen LogP contribution in [0.25, 0.3) is 10.4 Å². The molecule has 5 heteroatoms. The van der Waals surface area contributed by atoms with Crippen LogP contribution in [-0.4, -0.2) is 36.9 Å². The summed E-state index contributed by atoms with van der Waals surface area (Å²) in [7, 11) is 1.72. The van der Waals surface area contributed by atoms with Gasteiger partial charge in [0.05, 0.1) is 5.41 Å². The van der Waals surface area contributed by atoms with E-state index in [0.717, 1.165) is 45.1 Å². The lowest BCUT2D eigenvalue weighted by Crippen LogP contribution is -2.54. The van der Waals surface area contributed by atoms with Crippen LogP contribution in [0.1, 0.15) is 44.1 Å². The van der Waals surface area contributed by atoms with Gasteiger partial charge in [0.2, 0.25) is 11.8 Å². The lowest BCUT2D eigenvalue weighted by Gasteiger charge is -2.42. The molecule has 1 atom stereocenters. The number of likely N-dealkylation sites (tertiary alicyclic amines) is 1. The van der Waals surface area contributed by atoms with Crippen molar-refractivity contribution in [2.24, 2.45) is 11.3 Å². The number of carbonyl (C=O) groups excluding carboxylic acids is 2. The lowest BCUT2D eigenvalue weighted by atomic mass is 9.73. The van der Waals surface area contributed by atoms with Crippen molar-refractivity contribution in [3.63, 3.8) is 0 Å². The third-order valence-corrected chi connectivity index (χ3v) is 7.54. The number of thiophene rings is 1. The minimum atomic E-state index is -0.561. The summed E-state index contributed by atoms with van der Waals surface area (Å²) < 4.78 is 0. The maximum atomic E-state index is 13.1. The molecule has 0 spiro atoms. The molecule has 0 bridgehead atoms. The molecule has 1 N–H and O–H groups in total. The number of carbonyl (C=O) groups is 2. The van der Waals surface area contributed by atoms with Crippen molar-refractivity contribution in [1.29, 1.82) is 0 Å². The Balaban J connectivity index is 1.63. The van der Waals surface area contributed by atoms with Crippen LogP contribution in [0.4, 0.5) is 0 Å². The third kappa shape index (κ3) is 4.11. The summed E-state index contributed by atoms with van der Waals surface area (Å²) in [5.41, 5.74) is 1.83. The molecule has 4 nitrogen and oxygen atoms in total. The van der Waals surface area contributed by atoms with Gasteiger partial charge in [0.15, 0.2) is 0 Å². The highest BCUT2D eigenvalue weighted by atomic mass is 32.1. The lowest BCUT2D eigenvalue weighted by molar-refractivity contribution is -0.144. The smallest absolute Gasteiger partial charge is 0.228 e. The Bertz CT molecular complexity index is 858. The van der Waals surface area contributed by atoms with E-state index in [9.17, 15) is 9.59 Å². The molecule has 4 rings (SSSR count). The van der Waals surface area contributed by atoms with Crippen molar-refractivity contribution >= 4 is 23.2 Å². The quantitative estimate of drug-likeness (QED) is 0.789. The van der Waals surface area contributed by atoms with E-state index in [-0.39, 0.29) is 17.7 Å². The molecule has 1 saturated carbocycles. The second-order valence-electron chi connectivity index (χ2n) is 8.52. The fraction of sp³-hybridized carbons (Fsp3) is 0.500. The van der Waals surface area contributed by atoms with E-state index in [1.54, 1.807) is 18.4 Å². The van der Waals surface area contributed by atoms with E-state index in [1.807, 2.05) is 11.0 Å². The molecule has 1 saturated heterocycles. The Morgan fingerprint density at radius 2 is 1.93 bits per heavy atom. The van der Waals surface area contributed by atoms with Crippen molar-refractivity contribution in [3.8, 4) is 10.4 Å². The van der Waals surface area contributed by atoms with Crippen LogP contribution in [0.2, 0.25) is 0 Å². The van der Waals surface area contributed by atoms with Gasteiger partial charge in [-0.25, -0.2) is 0 Å². The highest BCUT2D eigenvalue weighted by Crippen LogP contribution is 2.39. The number of nitrogens with zero attached hydrogens (tertiary/aromatic N) is 1. The van der Waals surface area contributed by atoms with E-state index in [4.69, 9.17) is 0 Å². The van der Waals surface area contributed by atoms with Gasteiger partial charge in [-0.05, 0) is 54.7 Å². The molecule has 2 heterocycles. The summed E-state index contributed by atoms with van der Waals surface area (Å²) in [6, 6.07) is 12.6. The zero-order chi connectivity index (χ0) is 20.3. The van der Waals surface area contributed by atoms with Crippen LogP contribution in [0, 0.1) is 11.3 Å². The Morgan fingerprint density at radius 1 is 1.14 bits per heavy atom. The number of hydrogen-bond donors (Lipinski definition) is 1. The van der Waals surface area contributed by atoms with Gasteiger partial charge < -0.3 is 10.2 Å². The first-order valence-corrected chi connectivity index (χ1v) is 11.6. The van der Waals surface area contributed by atoms with Gasteiger partial charge in [-0.3, -0.25) is 9.59 Å². The SMILES string of the molecule is CNC(=O)[C@]1(Cc2ccccc2-c2cccs2)CCCN(C(=O)C2CCCC2)C1. The Morgan fingerprint density at radius 3 is 2.66 bits per heavy atom. The monoisotopic (exact) mass is 410 g/mol. The second-order valence-corrected chi connectivity index (χ2v) is 9.46. The van der Waals surface area contributed by atoms with Crippen LogP contribution in [-0.2, 0) is 16.0 Å². The summed E-state index contributed by atoms with van der Waals surface area (Å²) in [5, 5.41) is 4.99. The summed E-state index contributed by atoms with van der Waals surface area (Å²) in [4.78, 5) is 29.4. The third-order valence-electron chi connectivity index (χ3n) is 6.63. The standard InChI is InChI=1S/C24H30N2O2S/c1-25-23(28)24(13-7-14-26(17-24)22(27)18-8-2-3-9-18)16-19-10-4-5-11-20(19)21-12-6-15-29-21/h4-6,10-12,15,18H,2-3,7-9,13-14,16-17H2,1H3,(H,25,28)/t24-/m0/s1. The van der Waals surface area contributed by atoms with Crippen LogP contribution in [0.3, 0.4) is 0 Å². The van der Waals surface area contributed by atoms with Crippen molar-refractivity contribution in [2.75, 3.05) is 20.1 Å². The normalized spacial score (nSPS) is 22.6. The van der Waals surface area contributed by atoms with Gasteiger partial charge in [0, 0.05) is 30.9 Å². The maximum Gasteiger partial charge on any atom is 0.228 e. The van der Waals surface area contributed by atoms with Gasteiger partial charge in [-0.2, -0.15) is 0 Å². The molecule has 154 valence electrons. The maximum absolute atomic E-state index is 13.1. The number of nitrogens with one attached hydrogen (secondary N) is 1. The minimum Gasteiger partial charge on any atom is -0.359 e. The average molecular weight is 411 g/mol. The van der Waals surface area contributed by atoms with E-state index in [1.165, 1.54) is 16.0 Å². The van der Waals surface area contributed by atoms with E-state index in [2.05, 4.69) is 41.0 Å². The number of amides is 2. The molecular formula is C24H30N2O2S. The van der Waals surface area contributed by atoms with Crippen LogP contribution < -0.4 is 5.32 Å². The van der Waals surface area contributed by atoms with Crippen LogP contribution in [0.15, 0.2) is 41.8 Å². The first-order chi connectivity index (χ1) is 14.1. The molecule has 2 aliphatic rings. The minimum absolute atomic E-state index is 0.0578. The van der Waals surface area contributed by atoms with Gasteiger partial charge in [-0.1, -0.05) is 43.2 Å². The highest BCUT2D eigenvalue weighted by Gasteiger charge is 2.44.